The van der Waals surface area contributed by atoms with Crippen molar-refractivity contribution in [2.24, 2.45) is 0 Å². The van der Waals surface area contributed by atoms with Crippen molar-refractivity contribution in [3.63, 3.8) is 0 Å². The Hall–Kier alpha value is -3.60. The van der Waals surface area contributed by atoms with E-state index in [4.69, 9.17) is 9.97 Å². The third kappa shape index (κ3) is 5.09. The van der Waals surface area contributed by atoms with Gasteiger partial charge in [-0.05, 0) is 31.5 Å². The topological polar surface area (TPSA) is 101 Å². The second-order valence-corrected chi connectivity index (χ2v) is 10.6. The Morgan fingerprint density at radius 2 is 1.77 bits per heavy atom. The fourth-order valence-electron chi connectivity index (χ4n) is 3.70. The van der Waals surface area contributed by atoms with E-state index in [9.17, 15) is 8.42 Å². The first-order valence-corrected chi connectivity index (χ1v) is 13.5. The maximum Gasteiger partial charge on any atom is 0.240 e. The third-order valence-corrected chi connectivity index (χ3v) is 7.70. The summed E-state index contributed by atoms with van der Waals surface area (Å²) < 4.78 is 29.5. The Bertz CT molecular complexity index is 1540. The Balaban J connectivity index is 1.26. The summed E-state index contributed by atoms with van der Waals surface area (Å²) >= 11 is 1.57. The van der Waals surface area contributed by atoms with Crippen molar-refractivity contribution in [3.8, 4) is 22.6 Å². The van der Waals surface area contributed by atoms with Crippen molar-refractivity contribution >= 4 is 32.3 Å². The molecule has 0 fully saturated rings. The molecule has 0 amide bonds. The molecular weight excluding hydrogens is 480 g/mol. The first-order chi connectivity index (χ1) is 17.0. The molecule has 2 aromatic carbocycles. The molecule has 0 unspecified atom stereocenters. The zero-order valence-corrected chi connectivity index (χ0v) is 20.7. The number of aromatic nitrogens is 4. The van der Waals surface area contributed by atoms with Crippen LogP contribution in [0.15, 0.2) is 83.3 Å². The molecule has 2 N–H and O–H groups in total. The number of rotatable bonds is 9. The van der Waals surface area contributed by atoms with Crippen LogP contribution in [-0.4, -0.2) is 40.9 Å². The molecule has 0 aliphatic rings. The summed E-state index contributed by atoms with van der Waals surface area (Å²) in [6.07, 6.45) is 4.28. The molecule has 0 atom stereocenters. The van der Waals surface area contributed by atoms with E-state index in [2.05, 4.69) is 15.0 Å². The lowest BCUT2D eigenvalue weighted by Crippen LogP contribution is -2.26. The van der Waals surface area contributed by atoms with Crippen molar-refractivity contribution in [3.05, 3.63) is 84.0 Å². The normalized spacial score (nSPS) is 11.7. The monoisotopic (exact) mass is 504 g/mol. The van der Waals surface area contributed by atoms with Gasteiger partial charge in [0.15, 0.2) is 4.96 Å². The minimum Gasteiger partial charge on any atom is -0.354 e. The molecule has 0 saturated carbocycles. The third-order valence-electron chi connectivity index (χ3n) is 5.47. The van der Waals surface area contributed by atoms with E-state index in [1.807, 2.05) is 59.3 Å². The van der Waals surface area contributed by atoms with Gasteiger partial charge in [0.1, 0.15) is 5.69 Å². The van der Waals surface area contributed by atoms with Gasteiger partial charge in [-0.15, -0.1) is 11.3 Å². The molecule has 0 aliphatic heterocycles. The summed E-state index contributed by atoms with van der Waals surface area (Å²) in [5.41, 5.74) is 4.57. The molecule has 0 saturated heterocycles. The lowest BCUT2D eigenvalue weighted by Gasteiger charge is -2.09. The highest BCUT2D eigenvalue weighted by molar-refractivity contribution is 7.89. The highest BCUT2D eigenvalue weighted by atomic mass is 32.2. The van der Waals surface area contributed by atoms with Gasteiger partial charge in [0, 0.05) is 36.4 Å². The van der Waals surface area contributed by atoms with Gasteiger partial charge in [-0.3, -0.25) is 4.40 Å². The molecule has 5 rings (SSSR count). The largest absolute Gasteiger partial charge is 0.354 e. The van der Waals surface area contributed by atoms with E-state index in [1.165, 1.54) is 0 Å². The fourth-order valence-corrected chi connectivity index (χ4v) is 5.49. The zero-order valence-electron chi connectivity index (χ0n) is 19.0. The van der Waals surface area contributed by atoms with Crippen LogP contribution in [-0.2, 0) is 10.0 Å². The van der Waals surface area contributed by atoms with E-state index in [0.717, 1.165) is 33.2 Å². The number of nitrogens with one attached hydrogen (secondary N) is 2. The van der Waals surface area contributed by atoms with Crippen molar-refractivity contribution in [2.45, 2.75) is 18.2 Å². The van der Waals surface area contributed by atoms with Gasteiger partial charge in [0.2, 0.25) is 16.0 Å². The first-order valence-electron chi connectivity index (χ1n) is 11.2. The van der Waals surface area contributed by atoms with E-state index in [1.54, 1.807) is 41.8 Å². The summed E-state index contributed by atoms with van der Waals surface area (Å²) in [7, 11) is -3.52. The summed E-state index contributed by atoms with van der Waals surface area (Å²) in [6, 6.07) is 18.7. The fraction of sp³-hybridized carbons (Fsp3) is 0.160. The molecule has 178 valence electrons. The number of hydrogen-bond donors (Lipinski definition) is 2. The number of fused-ring (bicyclic) bond motifs is 1. The van der Waals surface area contributed by atoms with Gasteiger partial charge in [-0.25, -0.2) is 28.1 Å². The molecule has 0 radical (unpaired) electrons. The maximum atomic E-state index is 12.4. The molecule has 35 heavy (non-hydrogen) atoms. The van der Waals surface area contributed by atoms with Gasteiger partial charge >= 0.3 is 0 Å². The Labute approximate surface area is 207 Å². The van der Waals surface area contributed by atoms with E-state index in [-0.39, 0.29) is 4.90 Å². The Morgan fingerprint density at radius 1 is 0.971 bits per heavy atom. The SMILES string of the molecule is Cc1ccc(S(=O)(=O)NCCCNc2nccc(-c3c(-c4ccccc4)nc4sccn34)n2)cc1. The average Bonchev–Trinajstić information content (AvgIpc) is 3.46. The number of aryl methyl sites for hydroxylation is 1. The van der Waals surface area contributed by atoms with Crippen molar-refractivity contribution in [1.82, 2.24) is 24.1 Å². The molecular formula is C25H24N6O2S2. The Kier molecular flexibility index (Phi) is 6.58. The quantitative estimate of drug-likeness (QED) is 0.284. The highest BCUT2D eigenvalue weighted by Crippen LogP contribution is 2.33. The van der Waals surface area contributed by atoms with Crippen molar-refractivity contribution < 1.29 is 8.42 Å². The zero-order chi connectivity index (χ0) is 24.3. The Morgan fingerprint density at radius 3 is 2.57 bits per heavy atom. The van der Waals surface area contributed by atoms with Gasteiger partial charge in [-0.1, -0.05) is 48.0 Å². The molecule has 3 aromatic heterocycles. The lowest BCUT2D eigenvalue weighted by molar-refractivity contribution is 0.580. The van der Waals surface area contributed by atoms with Crippen molar-refractivity contribution in [1.29, 1.82) is 0 Å². The summed E-state index contributed by atoms with van der Waals surface area (Å²) in [6.45, 7) is 2.75. The standard InChI is InChI=1S/C25H24N6O2S2/c1-18-8-10-20(11-9-18)35(32,33)28-14-5-13-26-24-27-15-12-21(29-24)23-22(19-6-3-2-4-7-19)30-25-31(23)16-17-34-25/h2-4,6-12,15-17,28H,5,13-14H2,1H3,(H,26,27,29). The predicted molar refractivity (Wildman–Crippen MR) is 139 cm³/mol. The van der Waals surface area contributed by atoms with E-state index in [0.29, 0.717) is 25.5 Å². The number of sulfonamides is 1. The molecule has 0 aliphatic carbocycles. The molecule has 10 heteroatoms. The highest BCUT2D eigenvalue weighted by Gasteiger charge is 2.18. The van der Waals surface area contributed by atoms with Gasteiger partial charge in [0.05, 0.1) is 16.3 Å². The molecule has 3 heterocycles. The van der Waals surface area contributed by atoms with Crippen LogP contribution >= 0.6 is 11.3 Å². The van der Waals surface area contributed by atoms with Crippen LogP contribution in [0.3, 0.4) is 0 Å². The van der Waals surface area contributed by atoms with Crippen molar-refractivity contribution in [2.75, 3.05) is 18.4 Å². The van der Waals surface area contributed by atoms with Crippen LogP contribution in [0.2, 0.25) is 0 Å². The minimum atomic E-state index is -3.52. The van der Waals surface area contributed by atoms with Crippen LogP contribution < -0.4 is 10.0 Å². The second kappa shape index (κ2) is 9.95. The van der Waals surface area contributed by atoms with E-state index >= 15 is 0 Å². The number of imidazole rings is 1. The van der Waals surface area contributed by atoms with Crippen LogP contribution in [0, 0.1) is 6.92 Å². The number of hydrogen-bond acceptors (Lipinski definition) is 7. The van der Waals surface area contributed by atoms with Gasteiger partial charge < -0.3 is 5.32 Å². The van der Waals surface area contributed by atoms with Crippen LogP contribution in [0.1, 0.15) is 12.0 Å². The van der Waals surface area contributed by atoms with Crippen LogP contribution in [0.25, 0.3) is 27.6 Å². The number of nitrogens with zero attached hydrogens (tertiary/aromatic N) is 4. The van der Waals surface area contributed by atoms with Gasteiger partial charge in [0.25, 0.3) is 0 Å². The lowest BCUT2D eigenvalue weighted by atomic mass is 10.1. The molecule has 0 spiro atoms. The molecule has 5 aromatic rings. The predicted octanol–water partition coefficient (Wildman–Crippen LogP) is 4.61. The van der Waals surface area contributed by atoms with Crippen LogP contribution in [0.4, 0.5) is 5.95 Å². The summed E-state index contributed by atoms with van der Waals surface area (Å²) in [4.78, 5) is 15.0. The number of thiazole rings is 1. The summed E-state index contributed by atoms with van der Waals surface area (Å²) in [5, 5.41) is 5.20. The van der Waals surface area contributed by atoms with Gasteiger partial charge in [-0.2, -0.15) is 0 Å². The second-order valence-electron chi connectivity index (χ2n) is 7.99. The first kappa shape index (κ1) is 23.2. The summed E-state index contributed by atoms with van der Waals surface area (Å²) in [5.74, 6) is 0.480. The average molecular weight is 505 g/mol. The molecule has 8 nitrogen and oxygen atoms in total. The number of anilines is 1. The smallest absolute Gasteiger partial charge is 0.240 e. The molecule has 0 bridgehead atoms. The maximum absolute atomic E-state index is 12.4. The number of benzene rings is 2. The van der Waals surface area contributed by atoms with Crippen LogP contribution in [0.5, 0.6) is 0 Å². The minimum absolute atomic E-state index is 0.266. The van der Waals surface area contributed by atoms with E-state index < -0.39 is 10.0 Å².